The average Bonchev–Trinajstić information content (AvgIpc) is 3.03. The Balaban J connectivity index is 1.66. The molecule has 0 saturated carbocycles. The Labute approximate surface area is 168 Å². The van der Waals surface area contributed by atoms with E-state index in [2.05, 4.69) is 18.5 Å². The zero-order valence-corrected chi connectivity index (χ0v) is 17.5. The lowest BCUT2D eigenvalue weighted by molar-refractivity contribution is 0.501. The van der Waals surface area contributed by atoms with Crippen molar-refractivity contribution in [3.8, 4) is 0 Å². The van der Waals surface area contributed by atoms with Gasteiger partial charge in [-0.1, -0.05) is 107 Å². The van der Waals surface area contributed by atoms with Crippen molar-refractivity contribution in [1.29, 1.82) is 0 Å². The first-order chi connectivity index (χ1) is 12.7. The number of rotatable bonds is 13. The zero-order chi connectivity index (χ0) is 18.8. The summed E-state index contributed by atoms with van der Waals surface area (Å²) in [5.41, 5.74) is 2.05. The first kappa shape index (κ1) is 21.3. The van der Waals surface area contributed by atoms with Crippen LogP contribution in [0.25, 0.3) is 17.2 Å². The average molecular weight is 396 g/mol. The lowest BCUT2D eigenvalue weighted by atomic mass is 10.1. The van der Waals surface area contributed by atoms with Crippen molar-refractivity contribution in [2.24, 2.45) is 0 Å². The van der Waals surface area contributed by atoms with Gasteiger partial charge in [0.05, 0.1) is 10.0 Å². The summed E-state index contributed by atoms with van der Waals surface area (Å²) in [6, 6.07) is 1.80. The largest absolute Gasteiger partial charge is 0.439 e. The molecule has 1 heterocycles. The summed E-state index contributed by atoms with van der Waals surface area (Å²) >= 11 is 12.5. The van der Waals surface area contributed by atoms with E-state index >= 15 is 0 Å². The normalized spacial score (nSPS) is 11.3. The van der Waals surface area contributed by atoms with Gasteiger partial charge in [-0.2, -0.15) is 0 Å². The third-order valence-corrected chi connectivity index (χ3v) is 5.54. The summed E-state index contributed by atoms with van der Waals surface area (Å²) in [5.74, 6) is 0.745. The second-order valence-corrected chi connectivity index (χ2v) is 7.82. The quantitative estimate of drug-likeness (QED) is 0.317. The van der Waals surface area contributed by atoms with Gasteiger partial charge in [0.15, 0.2) is 11.5 Å². The third-order valence-electron chi connectivity index (χ3n) is 4.85. The summed E-state index contributed by atoms with van der Waals surface area (Å²) in [7, 11) is 0. The Bertz CT molecular complexity index is 693. The van der Waals surface area contributed by atoms with Gasteiger partial charge in [-0.3, -0.25) is 0 Å². The third kappa shape index (κ3) is 6.32. The fourth-order valence-corrected chi connectivity index (χ4v) is 3.93. The minimum atomic E-state index is 0.500. The van der Waals surface area contributed by atoms with Gasteiger partial charge in [-0.05, 0) is 12.5 Å². The van der Waals surface area contributed by atoms with Crippen LogP contribution in [0.3, 0.4) is 0 Å². The number of halogens is 2. The highest BCUT2D eigenvalue weighted by molar-refractivity contribution is 6.40. The molecule has 0 bridgehead atoms. The highest BCUT2D eigenvalue weighted by Gasteiger charge is 2.14. The molecule has 0 unspecified atom stereocenters. The van der Waals surface area contributed by atoms with Crippen molar-refractivity contribution in [3.05, 3.63) is 34.1 Å². The number of hydrogen-bond donors (Lipinski definition) is 0. The molecule has 0 saturated heterocycles. The van der Waals surface area contributed by atoms with Crippen LogP contribution >= 0.6 is 23.2 Å². The molecule has 0 aliphatic rings. The minimum Gasteiger partial charge on any atom is -0.439 e. The summed E-state index contributed by atoms with van der Waals surface area (Å²) in [5, 5.41) is 1.06. The summed E-state index contributed by atoms with van der Waals surface area (Å²) in [6.45, 7) is 6.01. The standard InChI is InChI=1S/C22H31Cl2NO/c1-3-5-6-7-8-9-10-11-12-13-14-15-20-25-19-16-18(23)17(4-2)21(24)22(19)26-20/h4,16H,2-3,5-15H2,1H3. The van der Waals surface area contributed by atoms with E-state index in [-0.39, 0.29) is 0 Å². The second-order valence-electron chi connectivity index (χ2n) is 7.03. The minimum absolute atomic E-state index is 0.500. The fourth-order valence-electron chi connectivity index (χ4n) is 3.29. The molecule has 26 heavy (non-hydrogen) atoms. The maximum Gasteiger partial charge on any atom is 0.195 e. The molecule has 0 aliphatic heterocycles. The molecule has 2 aromatic rings. The Hall–Kier alpha value is -0.990. The van der Waals surface area contributed by atoms with Gasteiger partial charge in [-0.25, -0.2) is 4.98 Å². The molecule has 0 fully saturated rings. The van der Waals surface area contributed by atoms with Gasteiger partial charge in [0.2, 0.25) is 0 Å². The number of fused-ring (bicyclic) bond motifs is 1. The number of nitrogens with zero attached hydrogens (tertiary/aromatic N) is 1. The maximum absolute atomic E-state index is 6.34. The molecule has 2 rings (SSSR count). The molecule has 4 heteroatoms. The number of aryl methyl sites for hydroxylation is 1. The lowest BCUT2D eigenvalue weighted by Crippen LogP contribution is -1.86. The number of unbranched alkanes of at least 4 members (excludes halogenated alkanes) is 10. The van der Waals surface area contributed by atoms with E-state index in [1.54, 1.807) is 12.1 Å². The van der Waals surface area contributed by atoms with Crippen LogP contribution < -0.4 is 0 Å². The van der Waals surface area contributed by atoms with E-state index in [4.69, 9.17) is 27.6 Å². The Kier molecular flexibility index (Phi) is 9.56. The van der Waals surface area contributed by atoms with Crippen LogP contribution in [0.4, 0.5) is 0 Å². The van der Waals surface area contributed by atoms with E-state index < -0.39 is 0 Å². The molecular weight excluding hydrogens is 365 g/mol. The summed E-state index contributed by atoms with van der Waals surface area (Å²) in [6.07, 6.45) is 17.1. The topological polar surface area (TPSA) is 26.0 Å². The first-order valence-electron chi connectivity index (χ1n) is 10.1. The van der Waals surface area contributed by atoms with Gasteiger partial charge in [-0.15, -0.1) is 0 Å². The molecule has 2 nitrogen and oxygen atoms in total. The molecular formula is C22H31Cl2NO. The van der Waals surface area contributed by atoms with Crippen molar-refractivity contribution in [2.45, 2.75) is 84.0 Å². The molecule has 144 valence electrons. The van der Waals surface area contributed by atoms with Crippen LogP contribution in [-0.2, 0) is 6.42 Å². The predicted octanol–water partition coefficient (Wildman–Crippen LogP) is 8.63. The molecule has 0 aliphatic carbocycles. The molecule has 1 aromatic heterocycles. The van der Waals surface area contributed by atoms with Crippen molar-refractivity contribution < 1.29 is 4.42 Å². The van der Waals surface area contributed by atoms with Crippen molar-refractivity contribution in [2.75, 3.05) is 0 Å². The highest BCUT2D eigenvalue weighted by Crippen LogP contribution is 2.34. The number of benzene rings is 1. The van der Waals surface area contributed by atoms with Gasteiger partial charge < -0.3 is 4.42 Å². The van der Waals surface area contributed by atoms with E-state index in [9.17, 15) is 0 Å². The van der Waals surface area contributed by atoms with Gasteiger partial charge in [0, 0.05) is 12.0 Å². The maximum atomic E-state index is 6.34. The van der Waals surface area contributed by atoms with Crippen molar-refractivity contribution in [1.82, 2.24) is 4.98 Å². The molecule has 0 radical (unpaired) electrons. The van der Waals surface area contributed by atoms with Crippen LogP contribution in [0.15, 0.2) is 17.1 Å². The smallest absolute Gasteiger partial charge is 0.195 e. The molecule has 0 atom stereocenters. The van der Waals surface area contributed by atoms with Crippen molar-refractivity contribution >= 4 is 40.4 Å². The van der Waals surface area contributed by atoms with Gasteiger partial charge in [0.25, 0.3) is 0 Å². The van der Waals surface area contributed by atoms with Gasteiger partial charge >= 0.3 is 0 Å². The van der Waals surface area contributed by atoms with Crippen LogP contribution in [0, 0.1) is 0 Å². The van der Waals surface area contributed by atoms with E-state index in [0.717, 1.165) is 24.2 Å². The first-order valence-corrected chi connectivity index (χ1v) is 10.8. The van der Waals surface area contributed by atoms with E-state index in [1.165, 1.54) is 64.2 Å². The van der Waals surface area contributed by atoms with Crippen molar-refractivity contribution in [3.63, 3.8) is 0 Å². The van der Waals surface area contributed by atoms with E-state index in [1.807, 2.05) is 0 Å². The highest BCUT2D eigenvalue weighted by atomic mass is 35.5. The molecule has 0 N–H and O–H groups in total. The molecule has 0 spiro atoms. The fraction of sp³-hybridized carbons (Fsp3) is 0.591. The Morgan fingerprint density at radius 2 is 1.54 bits per heavy atom. The Morgan fingerprint density at radius 3 is 2.12 bits per heavy atom. The number of aromatic nitrogens is 1. The van der Waals surface area contributed by atoms with E-state index in [0.29, 0.717) is 21.2 Å². The molecule has 0 amide bonds. The van der Waals surface area contributed by atoms with Crippen LogP contribution in [0.2, 0.25) is 10.0 Å². The van der Waals surface area contributed by atoms with Crippen LogP contribution in [0.5, 0.6) is 0 Å². The predicted molar refractivity (Wildman–Crippen MR) is 114 cm³/mol. The summed E-state index contributed by atoms with van der Waals surface area (Å²) < 4.78 is 5.84. The van der Waals surface area contributed by atoms with Crippen LogP contribution in [-0.4, -0.2) is 4.98 Å². The van der Waals surface area contributed by atoms with Crippen LogP contribution in [0.1, 0.15) is 89.0 Å². The lowest BCUT2D eigenvalue weighted by Gasteiger charge is -2.02. The number of hydrogen-bond acceptors (Lipinski definition) is 2. The SMILES string of the molecule is C=Cc1c(Cl)cc2nc(CCCCCCCCCCCCC)oc2c1Cl. The van der Waals surface area contributed by atoms with Gasteiger partial charge in [0.1, 0.15) is 5.52 Å². The molecule has 1 aromatic carbocycles. The monoisotopic (exact) mass is 395 g/mol. The zero-order valence-electron chi connectivity index (χ0n) is 16.0. The second kappa shape index (κ2) is 11.7. The number of oxazole rings is 1. The summed E-state index contributed by atoms with van der Waals surface area (Å²) in [4.78, 5) is 4.52. The Morgan fingerprint density at radius 1 is 0.962 bits per heavy atom.